The molecule has 3 rings (SSSR count). The third-order valence-corrected chi connectivity index (χ3v) is 5.58. The van der Waals surface area contributed by atoms with Crippen LogP contribution in [0.4, 0.5) is 0 Å². The second kappa shape index (κ2) is 2.98. The molecule has 15 heavy (non-hydrogen) atoms. The average molecular weight is 210 g/mol. The summed E-state index contributed by atoms with van der Waals surface area (Å²) < 4.78 is 6.01. The molecule has 0 aromatic rings. The Kier molecular flexibility index (Phi) is 2.01. The predicted octanol–water partition coefficient (Wildman–Crippen LogP) is 2.35. The van der Waals surface area contributed by atoms with E-state index < -0.39 is 0 Å². The van der Waals surface area contributed by atoms with E-state index in [0.29, 0.717) is 12.7 Å². The van der Waals surface area contributed by atoms with Gasteiger partial charge >= 0.3 is 0 Å². The van der Waals surface area contributed by atoms with Gasteiger partial charge in [-0.1, -0.05) is 13.8 Å². The van der Waals surface area contributed by atoms with Crippen molar-refractivity contribution in [1.82, 2.24) is 0 Å². The molecule has 86 valence electrons. The first-order valence-corrected chi connectivity index (χ1v) is 6.49. The van der Waals surface area contributed by atoms with Crippen LogP contribution in [0.15, 0.2) is 0 Å². The van der Waals surface area contributed by atoms with Gasteiger partial charge in [-0.3, -0.25) is 0 Å². The third-order valence-electron chi connectivity index (χ3n) is 5.58. The molecule has 1 saturated heterocycles. The zero-order chi connectivity index (χ0) is 10.7. The van der Waals surface area contributed by atoms with E-state index >= 15 is 0 Å². The summed E-state index contributed by atoms with van der Waals surface area (Å²) in [5.41, 5.74) is 0.221. The van der Waals surface area contributed by atoms with Crippen molar-refractivity contribution in [1.29, 1.82) is 0 Å². The molecule has 5 atom stereocenters. The first kappa shape index (κ1) is 10.1. The Morgan fingerprint density at radius 1 is 1.33 bits per heavy atom. The van der Waals surface area contributed by atoms with E-state index in [4.69, 9.17) is 4.74 Å². The van der Waals surface area contributed by atoms with Crippen LogP contribution in [0.2, 0.25) is 0 Å². The summed E-state index contributed by atoms with van der Waals surface area (Å²) in [6, 6.07) is 0. The van der Waals surface area contributed by atoms with Crippen molar-refractivity contribution in [2.24, 2.45) is 17.3 Å². The van der Waals surface area contributed by atoms with E-state index in [0.717, 1.165) is 18.3 Å². The fourth-order valence-corrected chi connectivity index (χ4v) is 4.74. The molecule has 1 spiro atoms. The molecule has 2 heteroatoms. The fraction of sp³-hybridized carbons (Fsp3) is 1.00. The van der Waals surface area contributed by atoms with Gasteiger partial charge in [-0.2, -0.15) is 0 Å². The lowest BCUT2D eigenvalue weighted by Crippen LogP contribution is -2.40. The van der Waals surface area contributed by atoms with Gasteiger partial charge < -0.3 is 9.84 Å². The molecule has 2 unspecified atom stereocenters. The van der Waals surface area contributed by atoms with Gasteiger partial charge in [-0.25, -0.2) is 0 Å². The van der Waals surface area contributed by atoms with E-state index in [1.165, 1.54) is 25.7 Å². The molecule has 3 aliphatic rings. The molecular formula is C13H22O2. The van der Waals surface area contributed by atoms with Gasteiger partial charge in [-0.15, -0.1) is 0 Å². The Hall–Kier alpha value is -0.0800. The second-order valence-corrected chi connectivity index (χ2v) is 5.88. The Morgan fingerprint density at radius 2 is 2.13 bits per heavy atom. The minimum Gasteiger partial charge on any atom is -0.396 e. The largest absolute Gasteiger partial charge is 0.396 e. The smallest absolute Gasteiger partial charge is 0.103 e. The number of aliphatic hydroxyl groups excluding tert-OH is 1. The van der Waals surface area contributed by atoms with E-state index in [1.54, 1.807) is 0 Å². The molecule has 2 nitrogen and oxygen atoms in total. The Balaban J connectivity index is 1.94. The maximum absolute atomic E-state index is 9.85. The Morgan fingerprint density at radius 3 is 2.73 bits per heavy atom. The van der Waals surface area contributed by atoms with Gasteiger partial charge in [0.15, 0.2) is 0 Å². The molecular weight excluding hydrogens is 188 g/mol. The summed E-state index contributed by atoms with van der Waals surface area (Å²) in [4.78, 5) is 0. The van der Waals surface area contributed by atoms with Crippen LogP contribution in [0, 0.1) is 17.3 Å². The molecule has 2 saturated carbocycles. The summed E-state index contributed by atoms with van der Waals surface area (Å²) in [7, 11) is 0. The lowest BCUT2D eigenvalue weighted by Gasteiger charge is -2.33. The van der Waals surface area contributed by atoms with Crippen LogP contribution >= 0.6 is 0 Å². The number of epoxide rings is 1. The van der Waals surface area contributed by atoms with Crippen LogP contribution in [-0.2, 0) is 4.74 Å². The SMILES string of the molecule is CCC1OC12CC[C@H]1[C@H](C)CC[C@]12CO. The average Bonchev–Trinajstić information content (AvgIpc) is 2.74. The van der Waals surface area contributed by atoms with Crippen LogP contribution in [0.5, 0.6) is 0 Å². The van der Waals surface area contributed by atoms with Crippen molar-refractivity contribution in [3.8, 4) is 0 Å². The minimum atomic E-state index is 0.0892. The highest BCUT2D eigenvalue weighted by Crippen LogP contribution is 2.70. The number of rotatable bonds is 2. The van der Waals surface area contributed by atoms with Crippen molar-refractivity contribution in [2.45, 2.75) is 57.7 Å². The molecule has 1 N–H and O–H groups in total. The van der Waals surface area contributed by atoms with Crippen molar-refractivity contribution in [2.75, 3.05) is 6.61 Å². The number of hydrogen-bond acceptors (Lipinski definition) is 2. The third kappa shape index (κ3) is 0.980. The van der Waals surface area contributed by atoms with Gasteiger partial charge in [0, 0.05) is 5.41 Å². The van der Waals surface area contributed by atoms with Crippen LogP contribution in [0.25, 0.3) is 0 Å². The second-order valence-electron chi connectivity index (χ2n) is 5.88. The van der Waals surface area contributed by atoms with E-state index in [9.17, 15) is 5.11 Å². The van der Waals surface area contributed by atoms with Crippen LogP contribution < -0.4 is 0 Å². The Labute approximate surface area is 92.0 Å². The number of fused-ring (bicyclic) bond motifs is 2. The number of ether oxygens (including phenoxy) is 1. The lowest BCUT2D eigenvalue weighted by atomic mass is 9.71. The van der Waals surface area contributed by atoms with E-state index in [-0.39, 0.29) is 11.0 Å². The first-order valence-electron chi connectivity index (χ1n) is 6.49. The van der Waals surface area contributed by atoms with Gasteiger partial charge in [0.1, 0.15) is 5.60 Å². The Bertz CT molecular complexity index is 278. The zero-order valence-corrected chi connectivity index (χ0v) is 9.83. The highest BCUT2D eigenvalue weighted by molar-refractivity contribution is 5.22. The number of hydrogen-bond donors (Lipinski definition) is 1. The molecule has 0 radical (unpaired) electrons. The van der Waals surface area contributed by atoms with Gasteiger partial charge in [-0.05, 0) is 43.9 Å². The molecule has 0 bridgehead atoms. The van der Waals surface area contributed by atoms with Gasteiger partial charge in [0.2, 0.25) is 0 Å². The van der Waals surface area contributed by atoms with Crippen molar-refractivity contribution in [3.05, 3.63) is 0 Å². The summed E-state index contributed by atoms with van der Waals surface area (Å²) in [6.45, 7) is 4.90. The molecule has 1 aliphatic heterocycles. The topological polar surface area (TPSA) is 32.8 Å². The highest BCUT2D eigenvalue weighted by Gasteiger charge is 2.74. The van der Waals surface area contributed by atoms with E-state index in [2.05, 4.69) is 13.8 Å². The molecule has 1 heterocycles. The quantitative estimate of drug-likeness (QED) is 0.710. The summed E-state index contributed by atoms with van der Waals surface area (Å²) >= 11 is 0. The molecule has 0 aromatic carbocycles. The molecule has 0 aromatic heterocycles. The predicted molar refractivity (Wildman–Crippen MR) is 58.5 cm³/mol. The van der Waals surface area contributed by atoms with Gasteiger partial charge in [0.25, 0.3) is 0 Å². The fourth-order valence-electron chi connectivity index (χ4n) is 4.74. The molecule has 3 fully saturated rings. The first-order chi connectivity index (χ1) is 7.20. The maximum atomic E-state index is 9.85. The normalized spacial score (nSPS) is 57.4. The number of aliphatic hydroxyl groups is 1. The van der Waals surface area contributed by atoms with Crippen LogP contribution in [0.1, 0.15) is 46.0 Å². The summed E-state index contributed by atoms with van der Waals surface area (Å²) in [5, 5.41) is 9.85. The monoisotopic (exact) mass is 210 g/mol. The van der Waals surface area contributed by atoms with Crippen molar-refractivity contribution < 1.29 is 9.84 Å². The van der Waals surface area contributed by atoms with Gasteiger partial charge in [0.05, 0.1) is 12.7 Å². The standard InChI is InChI=1S/C13H22O2/c1-3-11-13(15-11)7-5-10-9(2)4-6-12(10,13)8-14/h9-11,14H,3-8H2,1-2H3/t9-,10+,11?,12+,13?/m1/s1. The van der Waals surface area contributed by atoms with Crippen molar-refractivity contribution in [3.63, 3.8) is 0 Å². The summed E-state index contributed by atoms with van der Waals surface area (Å²) in [6.07, 6.45) is 6.50. The molecule has 2 aliphatic carbocycles. The van der Waals surface area contributed by atoms with Crippen LogP contribution in [-0.4, -0.2) is 23.4 Å². The highest BCUT2D eigenvalue weighted by atomic mass is 16.6. The lowest BCUT2D eigenvalue weighted by molar-refractivity contribution is 0.0323. The molecule has 0 amide bonds. The summed E-state index contributed by atoms with van der Waals surface area (Å²) in [5.74, 6) is 1.51. The van der Waals surface area contributed by atoms with E-state index in [1.807, 2.05) is 0 Å². The maximum Gasteiger partial charge on any atom is 0.103 e. The van der Waals surface area contributed by atoms with Crippen LogP contribution in [0.3, 0.4) is 0 Å². The van der Waals surface area contributed by atoms with Crippen molar-refractivity contribution >= 4 is 0 Å². The zero-order valence-electron chi connectivity index (χ0n) is 9.83. The minimum absolute atomic E-state index is 0.0892.